The van der Waals surface area contributed by atoms with E-state index >= 15 is 0 Å². The van der Waals surface area contributed by atoms with Crippen molar-refractivity contribution in [3.8, 4) is 0 Å². The molecule has 112 valence electrons. The predicted octanol–water partition coefficient (Wildman–Crippen LogP) is 5.14. The van der Waals surface area contributed by atoms with Gasteiger partial charge >= 0.3 is 0 Å². The Kier molecular flexibility index (Phi) is 3.61. The quantitative estimate of drug-likeness (QED) is 0.614. The molecule has 0 atom stereocenters. The van der Waals surface area contributed by atoms with Gasteiger partial charge in [0.15, 0.2) is 0 Å². The fourth-order valence-electron chi connectivity index (χ4n) is 3.16. The minimum absolute atomic E-state index is 0.187. The molecule has 0 spiro atoms. The summed E-state index contributed by atoms with van der Waals surface area (Å²) in [6.45, 7) is 6.44. The largest absolute Gasteiger partial charge is 0.461 e. The van der Waals surface area contributed by atoms with Crippen LogP contribution in [0.3, 0.4) is 0 Å². The van der Waals surface area contributed by atoms with Crippen molar-refractivity contribution in [3.63, 3.8) is 0 Å². The second-order valence-corrected chi connectivity index (χ2v) is 6.09. The molecule has 0 saturated carbocycles. The summed E-state index contributed by atoms with van der Waals surface area (Å²) in [7, 11) is 1.86. The molecule has 0 amide bonds. The number of nitrogens with zero attached hydrogens (tertiary/aromatic N) is 1. The summed E-state index contributed by atoms with van der Waals surface area (Å²) in [4.78, 5) is 4.65. The van der Waals surface area contributed by atoms with E-state index in [1.54, 1.807) is 0 Å². The van der Waals surface area contributed by atoms with Crippen molar-refractivity contribution in [3.05, 3.63) is 71.5 Å². The Bertz CT molecular complexity index is 825. The Morgan fingerprint density at radius 3 is 2.27 bits per heavy atom. The Balaban J connectivity index is 2.21. The van der Waals surface area contributed by atoms with Crippen LogP contribution in [0, 0.1) is 6.92 Å². The summed E-state index contributed by atoms with van der Waals surface area (Å²) < 4.78 is 5.93. The zero-order valence-corrected chi connectivity index (χ0v) is 13.6. The van der Waals surface area contributed by atoms with Gasteiger partial charge in [-0.1, -0.05) is 62.4 Å². The summed E-state index contributed by atoms with van der Waals surface area (Å²) in [5, 5.41) is 1.13. The van der Waals surface area contributed by atoms with Crippen LogP contribution in [0.5, 0.6) is 0 Å². The van der Waals surface area contributed by atoms with Crippen molar-refractivity contribution >= 4 is 16.7 Å². The van der Waals surface area contributed by atoms with Gasteiger partial charge in [0, 0.05) is 23.4 Å². The van der Waals surface area contributed by atoms with Crippen molar-refractivity contribution in [2.24, 2.45) is 4.99 Å². The summed E-state index contributed by atoms with van der Waals surface area (Å²) in [5.41, 5.74) is 4.15. The third-order valence-corrected chi connectivity index (χ3v) is 4.32. The van der Waals surface area contributed by atoms with Crippen LogP contribution in [0.1, 0.15) is 30.7 Å². The van der Waals surface area contributed by atoms with Crippen molar-refractivity contribution < 1.29 is 4.42 Å². The smallest absolute Gasteiger partial charge is 0.134 e. The molecule has 0 saturated heterocycles. The maximum Gasteiger partial charge on any atom is 0.134 e. The first-order chi connectivity index (χ1) is 10.6. The molecule has 22 heavy (non-hydrogen) atoms. The van der Waals surface area contributed by atoms with E-state index in [0.717, 1.165) is 28.0 Å². The lowest BCUT2D eigenvalue weighted by Crippen LogP contribution is -2.30. The summed E-state index contributed by atoms with van der Waals surface area (Å²) in [5.74, 6) is 0.922. The van der Waals surface area contributed by atoms with Gasteiger partial charge in [0.25, 0.3) is 0 Å². The van der Waals surface area contributed by atoms with Crippen LogP contribution in [-0.2, 0) is 5.41 Å². The molecule has 3 rings (SSSR count). The van der Waals surface area contributed by atoms with E-state index in [0.29, 0.717) is 0 Å². The van der Waals surface area contributed by atoms with Crippen LogP contribution >= 0.6 is 0 Å². The molecule has 0 radical (unpaired) electrons. The van der Waals surface area contributed by atoms with Gasteiger partial charge in [0.1, 0.15) is 11.3 Å². The molecule has 0 unspecified atom stereocenters. The lowest BCUT2D eigenvalue weighted by Gasteiger charge is -2.27. The normalized spacial score (nSPS) is 12.8. The Hall–Kier alpha value is -2.35. The molecule has 0 fully saturated rings. The van der Waals surface area contributed by atoms with Gasteiger partial charge in [0.2, 0.25) is 0 Å². The lowest BCUT2D eigenvalue weighted by atomic mass is 9.76. The molecule has 0 N–H and O–H groups in total. The monoisotopic (exact) mass is 291 g/mol. The molecule has 2 aromatic carbocycles. The summed E-state index contributed by atoms with van der Waals surface area (Å²) in [6.07, 6.45) is 0. The van der Waals surface area contributed by atoms with Crippen molar-refractivity contribution in [2.45, 2.75) is 26.2 Å². The van der Waals surface area contributed by atoms with Crippen molar-refractivity contribution in [2.75, 3.05) is 7.05 Å². The highest BCUT2D eigenvalue weighted by atomic mass is 16.3. The number of fused-ring (bicyclic) bond motifs is 1. The number of aliphatic imine (C=N–C) groups is 1. The molecular formula is C20H21NO. The molecule has 0 aliphatic heterocycles. The van der Waals surface area contributed by atoms with Crippen LogP contribution in [0.15, 0.2) is 64.0 Å². The number of benzene rings is 2. The minimum Gasteiger partial charge on any atom is -0.461 e. The van der Waals surface area contributed by atoms with Crippen molar-refractivity contribution in [1.29, 1.82) is 0 Å². The topological polar surface area (TPSA) is 25.5 Å². The van der Waals surface area contributed by atoms with Crippen LogP contribution in [0.4, 0.5) is 0 Å². The molecule has 2 nitrogen and oxygen atoms in total. The molecule has 1 aromatic heterocycles. The number of furan rings is 1. The maximum absolute atomic E-state index is 5.93. The molecule has 0 bridgehead atoms. The number of rotatable bonds is 3. The van der Waals surface area contributed by atoms with Gasteiger partial charge in [-0.05, 0) is 18.6 Å². The van der Waals surface area contributed by atoms with E-state index in [1.807, 2.05) is 38.2 Å². The zero-order valence-electron chi connectivity index (χ0n) is 13.6. The minimum atomic E-state index is -0.187. The molecule has 0 aliphatic carbocycles. The fraction of sp³-hybridized carbons (Fsp3) is 0.250. The third-order valence-electron chi connectivity index (χ3n) is 4.32. The molecule has 3 aromatic rings. The van der Waals surface area contributed by atoms with Gasteiger partial charge in [-0.2, -0.15) is 0 Å². The fourth-order valence-corrected chi connectivity index (χ4v) is 3.16. The van der Waals surface area contributed by atoms with Gasteiger partial charge in [0.05, 0.1) is 5.71 Å². The van der Waals surface area contributed by atoms with Gasteiger partial charge in [-0.25, -0.2) is 0 Å². The number of para-hydroxylation sites is 1. The second-order valence-electron chi connectivity index (χ2n) is 6.09. The van der Waals surface area contributed by atoms with Gasteiger partial charge in [-0.3, -0.25) is 4.99 Å². The molecule has 0 aliphatic rings. The van der Waals surface area contributed by atoms with E-state index in [4.69, 9.17) is 4.42 Å². The molecular weight excluding hydrogens is 270 g/mol. The average molecular weight is 291 g/mol. The first kappa shape index (κ1) is 14.6. The first-order valence-electron chi connectivity index (χ1n) is 7.57. The van der Waals surface area contributed by atoms with E-state index in [9.17, 15) is 0 Å². The number of aryl methyl sites for hydroxylation is 1. The predicted molar refractivity (Wildman–Crippen MR) is 92.9 cm³/mol. The van der Waals surface area contributed by atoms with Crippen LogP contribution in [0.2, 0.25) is 0 Å². The Morgan fingerprint density at radius 1 is 0.955 bits per heavy atom. The maximum atomic E-state index is 5.93. The van der Waals surface area contributed by atoms with Crippen molar-refractivity contribution in [1.82, 2.24) is 0 Å². The number of hydrogen-bond donors (Lipinski definition) is 0. The Labute approximate surface area is 131 Å². The Morgan fingerprint density at radius 2 is 1.59 bits per heavy atom. The van der Waals surface area contributed by atoms with Crippen LogP contribution in [-0.4, -0.2) is 12.8 Å². The number of hydrogen-bond acceptors (Lipinski definition) is 2. The molecule has 1 heterocycles. The standard InChI is InChI=1S/C20H21NO/c1-14-18(16-12-8-9-13-17(16)22-14)19(21-4)20(2,3)15-10-6-5-7-11-15/h5-13H,1-4H3. The van der Waals surface area contributed by atoms with Gasteiger partial charge < -0.3 is 4.42 Å². The van der Waals surface area contributed by atoms with Crippen LogP contribution in [0.25, 0.3) is 11.0 Å². The highest BCUT2D eigenvalue weighted by Crippen LogP contribution is 2.34. The second kappa shape index (κ2) is 5.45. The van der Waals surface area contributed by atoms with E-state index in [-0.39, 0.29) is 5.41 Å². The first-order valence-corrected chi connectivity index (χ1v) is 7.57. The van der Waals surface area contributed by atoms with E-state index in [2.05, 4.69) is 49.2 Å². The van der Waals surface area contributed by atoms with E-state index in [1.165, 1.54) is 5.56 Å². The SMILES string of the molecule is CN=C(c1c(C)oc2ccccc12)C(C)(C)c1ccccc1. The molecule has 2 heteroatoms. The average Bonchev–Trinajstić information content (AvgIpc) is 2.85. The summed E-state index contributed by atoms with van der Waals surface area (Å²) in [6, 6.07) is 18.7. The van der Waals surface area contributed by atoms with E-state index < -0.39 is 0 Å². The summed E-state index contributed by atoms with van der Waals surface area (Å²) >= 11 is 0. The lowest BCUT2D eigenvalue weighted by molar-refractivity contribution is 0.576. The highest BCUT2D eigenvalue weighted by molar-refractivity contribution is 6.15. The zero-order chi connectivity index (χ0) is 15.7. The highest BCUT2D eigenvalue weighted by Gasteiger charge is 2.31. The van der Waals surface area contributed by atoms with Gasteiger partial charge in [-0.15, -0.1) is 0 Å². The van der Waals surface area contributed by atoms with Crippen LogP contribution < -0.4 is 0 Å². The third kappa shape index (κ3) is 2.25.